The molecule has 1 aromatic rings. The minimum absolute atomic E-state index is 0.196. The number of hydroxylamine groups is 1. The van der Waals surface area contributed by atoms with Crippen LogP contribution >= 0.6 is 0 Å². The number of benzene rings is 1. The standard InChI is InChI=1S/C25H35FN2O2/c1-16-8-17-10-18(9-16)14-24(2,13-17)25(5-3-6-25)28-7-4-19-11-20(23(29)27-30)12-22(26)21(19)15-28/h11-12,16-18,30H,3-10,13-15H2,1-2H3,(H,27,29). The van der Waals surface area contributed by atoms with Crippen LogP contribution in [0.15, 0.2) is 12.1 Å². The molecule has 1 heterocycles. The van der Waals surface area contributed by atoms with E-state index in [9.17, 15) is 9.18 Å². The van der Waals surface area contributed by atoms with E-state index in [1.165, 1.54) is 57.4 Å². The number of amides is 1. The van der Waals surface area contributed by atoms with Gasteiger partial charge in [0, 0.05) is 29.8 Å². The molecule has 2 bridgehead atoms. The van der Waals surface area contributed by atoms with Crippen molar-refractivity contribution in [2.45, 2.75) is 83.7 Å². The van der Waals surface area contributed by atoms with Crippen molar-refractivity contribution in [2.75, 3.05) is 6.54 Å². The molecule has 1 aliphatic heterocycles. The molecule has 3 saturated carbocycles. The van der Waals surface area contributed by atoms with Crippen LogP contribution in [0.4, 0.5) is 4.39 Å². The Labute approximate surface area is 179 Å². The Kier molecular flexibility index (Phi) is 4.98. The van der Waals surface area contributed by atoms with Gasteiger partial charge in [-0.3, -0.25) is 14.9 Å². The van der Waals surface area contributed by atoms with Gasteiger partial charge in [0.2, 0.25) is 0 Å². The summed E-state index contributed by atoms with van der Waals surface area (Å²) < 4.78 is 15.0. The fourth-order valence-corrected chi connectivity index (χ4v) is 7.96. The summed E-state index contributed by atoms with van der Waals surface area (Å²) >= 11 is 0. The first-order chi connectivity index (χ1) is 14.3. The number of hydrogen-bond donors (Lipinski definition) is 2. The zero-order chi connectivity index (χ0) is 21.1. The second kappa shape index (κ2) is 7.30. The summed E-state index contributed by atoms with van der Waals surface area (Å²) in [6, 6.07) is 3.03. The molecule has 3 aliphatic carbocycles. The lowest BCUT2D eigenvalue weighted by molar-refractivity contribution is -0.134. The van der Waals surface area contributed by atoms with E-state index >= 15 is 0 Å². The number of hydrogen-bond acceptors (Lipinski definition) is 3. The Morgan fingerprint density at radius 3 is 2.50 bits per heavy atom. The third-order valence-corrected chi connectivity index (χ3v) is 9.18. The first-order valence-electron chi connectivity index (χ1n) is 11.8. The lowest BCUT2D eigenvalue weighted by Crippen LogP contribution is -2.65. The van der Waals surface area contributed by atoms with E-state index in [4.69, 9.17) is 5.21 Å². The first kappa shape index (κ1) is 20.4. The number of carbonyl (C=O) groups excluding carboxylic acids is 1. The van der Waals surface area contributed by atoms with Crippen LogP contribution in [0, 0.1) is 29.0 Å². The van der Waals surface area contributed by atoms with Crippen LogP contribution in [0.25, 0.3) is 0 Å². The number of halogens is 1. The molecule has 4 nitrogen and oxygen atoms in total. The maximum Gasteiger partial charge on any atom is 0.274 e. The highest BCUT2D eigenvalue weighted by molar-refractivity contribution is 5.93. The number of fused-ring (bicyclic) bond motifs is 3. The number of nitrogens with zero attached hydrogens (tertiary/aromatic N) is 1. The topological polar surface area (TPSA) is 52.6 Å². The maximum absolute atomic E-state index is 15.0. The molecule has 0 aromatic heterocycles. The lowest BCUT2D eigenvalue weighted by Gasteiger charge is -2.65. The van der Waals surface area contributed by atoms with Gasteiger partial charge in [0.25, 0.3) is 5.91 Å². The summed E-state index contributed by atoms with van der Waals surface area (Å²) in [6.45, 7) is 6.54. The Morgan fingerprint density at radius 2 is 1.90 bits per heavy atom. The van der Waals surface area contributed by atoms with Gasteiger partial charge in [-0.1, -0.05) is 13.8 Å². The predicted octanol–water partition coefficient (Wildman–Crippen LogP) is 5.08. The van der Waals surface area contributed by atoms with Crippen LogP contribution in [0.1, 0.15) is 86.7 Å². The molecule has 5 rings (SSSR count). The smallest absolute Gasteiger partial charge is 0.274 e. The van der Waals surface area contributed by atoms with Crippen molar-refractivity contribution in [1.29, 1.82) is 0 Å². The molecule has 0 radical (unpaired) electrons. The van der Waals surface area contributed by atoms with Gasteiger partial charge in [0.05, 0.1) is 0 Å². The normalized spacial score (nSPS) is 35.3. The lowest BCUT2D eigenvalue weighted by atomic mass is 9.48. The number of rotatable bonds is 3. The van der Waals surface area contributed by atoms with Crippen molar-refractivity contribution in [3.05, 3.63) is 34.6 Å². The van der Waals surface area contributed by atoms with Crippen molar-refractivity contribution in [1.82, 2.24) is 10.4 Å². The molecule has 0 spiro atoms. The van der Waals surface area contributed by atoms with Gasteiger partial charge >= 0.3 is 0 Å². The largest absolute Gasteiger partial charge is 0.292 e. The third kappa shape index (κ3) is 3.12. The SMILES string of the molecule is CC1CC2CC(C1)CC(C)(C1(N3CCc4cc(C(=O)NO)cc(F)c4C3)CCC1)C2. The van der Waals surface area contributed by atoms with Gasteiger partial charge in [-0.05, 0) is 98.7 Å². The first-order valence-corrected chi connectivity index (χ1v) is 11.8. The summed E-state index contributed by atoms with van der Waals surface area (Å²) in [5.74, 6) is 1.64. The van der Waals surface area contributed by atoms with E-state index in [0.29, 0.717) is 12.0 Å². The van der Waals surface area contributed by atoms with E-state index in [1.54, 1.807) is 11.5 Å². The van der Waals surface area contributed by atoms with Gasteiger partial charge in [-0.15, -0.1) is 0 Å². The fraction of sp³-hybridized carbons (Fsp3) is 0.720. The Balaban J connectivity index is 1.42. The Hall–Kier alpha value is -1.46. The van der Waals surface area contributed by atoms with Crippen molar-refractivity contribution in [2.24, 2.45) is 23.2 Å². The zero-order valence-electron chi connectivity index (χ0n) is 18.3. The predicted molar refractivity (Wildman–Crippen MR) is 114 cm³/mol. The summed E-state index contributed by atoms with van der Waals surface area (Å²) in [7, 11) is 0. The van der Waals surface area contributed by atoms with Crippen LogP contribution in [-0.4, -0.2) is 28.1 Å². The van der Waals surface area contributed by atoms with E-state index in [1.807, 2.05) is 0 Å². The summed E-state index contributed by atoms with van der Waals surface area (Å²) in [5.41, 5.74) is 4.01. The van der Waals surface area contributed by atoms with Crippen molar-refractivity contribution >= 4 is 5.91 Å². The van der Waals surface area contributed by atoms with Gasteiger partial charge in [-0.25, -0.2) is 9.87 Å². The van der Waals surface area contributed by atoms with Crippen LogP contribution < -0.4 is 5.48 Å². The molecule has 2 atom stereocenters. The van der Waals surface area contributed by atoms with Crippen LogP contribution in [0.5, 0.6) is 0 Å². The third-order valence-electron chi connectivity index (χ3n) is 9.18. The number of nitrogens with one attached hydrogen (secondary N) is 1. The minimum atomic E-state index is -0.648. The second-order valence-electron chi connectivity index (χ2n) is 11.1. The van der Waals surface area contributed by atoms with E-state index in [-0.39, 0.29) is 16.9 Å². The van der Waals surface area contributed by atoms with E-state index < -0.39 is 5.91 Å². The molecule has 1 aromatic carbocycles. The molecule has 30 heavy (non-hydrogen) atoms. The molecule has 2 unspecified atom stereocenters. The molecule has 2 N–H and O–H groups in total. The highest BCUT2D eigenvalue weighted by Crippen LogP contribution is 2.61. The maximum atomic E-state index is 15.0. The zero-order valence-corrected chi connectivity index (χ0v) is 18.3. The monoisotopic (exact) mass is 414 g/mol. The summed E-state index contributed by atoms with van der Waals surface area (Å²) in [6.07, 6.45) is 11.4. The van der Waals surface area contributed by atoms with Gasteiger partial charge in [0.1, 0.15) is 5.82 Å². The molecule has 1 amide bonds. The van der Waals surface area contributed by atoms with Gasteiger partial charge in [0.15, 0.2) is 0 Å². The summed E-state index contributed by atoms with van der Waals surface area (Å²) in [5, 5.41) is 8.90. The average Bonchev–Trinajstić information content (AvgIpc) is 2.65. The Morgan fingerprint density at radius 1 is 1.20 bits per heavy atom. The van der Waals surface area contributed by atoms with E-state index in [2.05, 4.69) is 18.7 Å². The molecular formula is C25H35FN2O2. The quantitative estimate of drug-likeness (QED) is 0.536. The highest BCUT2D eigenvalue weighted by atomic mass is 19.1. The Bertz CT molecular complexity index is 832. The van der Waals surface area contributed by atoms with Crippen molar-refractivity contribution < 1.29 is 14.4 Å². The molecule has 4 aliphatic rings. The minimum Gasteiger partial charge on any atom is -0.292 e. The number of carbonyl (C=O) groups is 1. The van der Waals surface area contributed by atoms with Gasteiger partial charge in [-0.2, -0.15) is 0 Å². The average molecular weight is 415 g/mol. The molecular weight excluding hydrogens is 379 g/mol. The fourth-order valence-electron chi connectivity index (χ4n) is 7.96. The van der Waals surface area contributed by atoms with Crippen LogP contribution in [0.3, 0.4) is 0 Å². The molecule has 5 heteroatoms. The second-order valence-corrected chi connectivity index (χ2v) is 11.1. The van der Waals surface area contributed by atoms with Crippen molar-refractivity contribution in [3.63, 3.8) is 0 Å². The van der Waals surface area contributed by atoms with Gasteiger partial charge < -0.3 is 0 Å². The van der Waals surface area contributed by atoms with Crippen LogP contribution in [-0.2, 0) is 13.0 Å². The molecule has 0 saturated heterocycles. The molecule has 3 fully saturated rings. The summed E-state index contributed by atoms with van der Waals surface area (Å²) in [4.78, 5) is 14.4. The van der Waals surface area contributed by atoms with Crippen molar-refractivity contribution in [3.8, 4) is 0 Å². The van der Waals surface area contributed by atoms with E-state index in [0.717, 1.165) is 41.8 Å². The highest BCUT2D eigenvalue weighted by Gasteiger charge is 2.58. The molecule has 164 valence electrons. The van der Waals surface area contributed by atoms with Crippen LogP contribution in [0.2, 0.25) is 0 Å².